The predicted molar refractivity (Wildman–Crippen MR) is 70.7 cm³/mol. The topological polar surface area (TPSA) is 54.4 Å². The van der Waals surface area contributed by atoms with Crippen molar-refractivity contribution in [3.05, 3.63) is 0 Å². The lowest BCUT2D eigenvalue weighted by atomic mass is 9.89. The lowest BCUT2D eigenvalue weighted by Gasteiger charge is -2.24. The van der Waals surface area contributed by atoms with E-state index in [1.807, 2.05) is 0 Å². The van der Waals surface area contributed by atoms with Gasteiger partial charge in [0.25, 0.3) is 0 Å². The molecule has 0 saturated heterocycles. The van der Waals surface area contributed by atoms with Crippen LogP contribution in [0.3, 0.4) is 0 Å². The summed E-state index contributed by atoms with van der Waals surface area (Å²) in [6.45, 7) is 5.36. The van der Waals surface area contributed by atoms with Crippen LogP contribution in [0, 0.1) is 11.8 Å². The van der Waals surface area contributed by atoms with Crippen molar-refractivity contribution < 1.29 is 13.5 Å². The monoisotopic (exact) mass is 262 g/mol. The first kappa shape index (κ1) is 15.0. The van der Waals surface area contributed by atoms with E-state index in [0.717, 1.165) is 12.8 Å². The van der Waals surface area contributed by atoms with Crippen LogP contribution in [-0.2, 0) is 9.84 Å². The van der Waals surface area contributed by atoms with Crippen molar-refractivity contribution in [1.29, 1.82) is 0 Å². The van der Waals surface area contributed by atoms with Gasteiger partial charge in [-0.25, -0.2) is 8.42 Å². The smallest absolute Gasteiger partial charge is 0.155 e. The summed E-state index contributed by atoms with van der Waals surface area (Å²) in [5, 5.41) is 9.39. The van der Waals surface area contributed by atoms with Crippen LogP contribution in [0.5, 0.6) is 0 Å². The van der Waals surface area contributed by atoms with Gasteiger partial charge in [-0.05, 0) is 39.0 Å². The fourth-order valence-electron chi connectivity index (χ4n) is 2.52. The van der Waals surface area contributed by atoms with Crippen LogP contribution in [-0.4, -0.2) is 30.6 Å². The van der Waals surface area contributed by atoms with Gasteiger partial charge in [-0.2, -0.15) is 0 Å². The van der Waals surface area contributed by atoms with E-state index in [4.69, 9.17) is 0 Å². The summed E-state index contributed by atoms with van der Waals surface area (Å²) < 4.78 is 23.3. The molecule has 4 heteroatoms. The van der Waals surface area contributed by atoms with Crippen molar-refractivity contribution >= 4 is 9.84 Å². The molecule has 0 spiro atoms. The molecule has 0 aliphatic heterocycles. The zero-order valence-electron chi connectivity index (χ0n) is 11.3. The maximum Gasteiger partial charge on any atom is 0.155 e. The molecule has 0 radical (unpaired) electrons. The van der Waals surface area contributed by atoms with E-state index >= 15 is 0 Å². The van der Waals surface area contributed by atoms with E-state index in [9.17, 15) is 13.5 Å². The minimum Gasteiger partial charge on any atom is -0.396 e. The van der Waals surface area contributed by atoms with E-state index in [-0.39, 0.29) is 18.3 Å². The third kappa shape index (κ3) is 3.95. The van der Waals surface area contributed by atoms with Crippen molar-refractivity contribution in [3.63, 3.8) is 0 Å². The molecule has 17 heavy (non-hydrogen) atoms. The van der Waals surface area contributed by atoms with Gasteiger partial charge in [0.2, 0.25) is 0 Å². The Labute approximate surface area is 106 Å². The van der Waals surface area contributed by atoms with Gasteiger partial charge in [0.15, 0.2) is 9.84 Å². The molecule has 1 rings (SSSR count). The molecule has 3 nitrogen and oxygen atoms in total. The van der Waals surface area contributed by atoms with E-state index in [1.54, 1.807) is 20.8 Å². The van der Waals surface area contributed by atoms with Crippen LogP contribution < -0.4 is 0 Å². The molecule has 1 aliphatic rings. The first-order valence-electron chi connectivity index (χ1n) is 6.61. The number of hydrogen-bond donors (Lipinski definition) is 1. The minimum atomic E-state index is -3.04. The first-order valence-corrected chi connectivity index (χ1v) is 8.26. The molecule has 0 aromatic heterocycles. The highest BCUT2D eigenvalue weighted by Crippen LogP contribution is 2.33. The van der Waals surface area contributed by atoms with Crippen LogP contribution in [0.1, 0.15) is 52.9 Å². The number of sulfone groups is 1. The molecule has 0 amide bonds. The molecule has 1 N–H and O–H groups in total. The van der Waals surface area contributed by atoms with Crippen LogP contribution in [0.25, 0.3) is 0 Å². The van der Waals surface area contributed by atoms with Gasteiger partial charge < -0.3 is 5.11 Å². The third-order valence-corrected chi connectivity index (χ3v) is 6.63. The number of rotatable bonds is 5. The maximum absolute atomic E-state index is 12.0. The predicted octanol–water partition coefficient (Wildman–Crippen LogP) is 2.39. The number of aliphatic hydroxyl groups excluding tert-OH is 1. The molecule has 1 saturated carbocycles. The minimum absolute atomic E-state index is 0.129. The molecule has 1 fully saturated rings. The Morgan fingerprint density at radius 2 is 1.76 bits per heavy atom. The molecule has 1 unspecified atom stereocenters. The highest BCUT2D eigenvalue weighted by molar-refractivity contribution is 7.92. The molecule has 0 aromatic carbocycles. The lowest BCUT2D eigenvalue weighted by molar-refractivity contribution is 0.173. The highest BCUT2D eigenvalue weighted by atomic mass is 32.2. The molecule has 1 atom stereocenters. The molecule has 102 valence electrons. The molecule has 0 aromatic rings. The van der Waals surface area contributed by atoms with Crippen molar-refractivity contribution in [2.24, 2.45) is 11.8 Å². The fourth-order valence-corrected chi connectivity index (χ4v) is 3.74. The van der Waals surface area contributed by atoms with Gasteiger partial charge in [-0.3, -0.25) is 0 Å². The van der Waals surface area contributed by atoms with Crippen molar-refractivity contribution in [2.45, 2.75) is 57.6 Å². The zero-order chi connectivity index (χ0) is 13.1. The SMILES string of the molecule is CC(C)(C)S(=O)(=O)CCC(CO)C1CCCC1. The fraction of sp³-hybridized carbons (Fsp3) is 1.00. The third-order valence-electron chi connectivity index (χ3n) is 3.99. The summed E-state index contributed by atoms with van der Waals surface area (Å²) in [6, 6.07) is 0. The second kappa shape index (κ2) is 5.70. The van der Waals surface area contributed by atoms with Gasteiger partial charge in [-0.1, -0.05) is 25.7 Å². The zero-order valence-corrected chi connectivity index (χ0v) is 12.1. The highest BCUT2D eigenvalue weighted by Gasteiger charge is 2.31. The Morgan fingerprint density at radius 3 is 2.18 bits per heavy atom. The standard InChI is InChI=1S/C13H26O3S/c1-13(2,3)17(15,16)9-8-12(10-14)11-6-4-5-7-11/h11-12,14H,4-10H2,1-3H3. The van der Waals surface area contributed by atoms with Crippen molar-refractivity contribution in [3.8, 4) is 0 Å². The summed E-state index contributed by atoms with van der Waals surface area (Å²) in [6.07, 6.45) is 5.38. The Bertz CT molecular complexity index is 321. The molecular formula is C13H26O3S. The molecule has 1 aliphatic carbocycles. The normalized spacial score (nSPS) is 20.7. The van der Waals surface area contributed by atoms with Gasteiger partial charge >= 0.3 is 0 Å². The maximum atomic E-state index is 12.0. The summed E-state index contributed by atoms with van der Waals surface area (Å²) in [7, 11) is -3.04. The van der Waals surface area contributed by atoms with Crippen LogP contribution in [0.2, 0.25) is 0 Å². The van der Waals surface area contributed by atoms with Crippen molar-refractivity contribution in [1.82, 2.24) is 0 Å². The summed E-state index contributed by atoms with van der Waals surface area (Å²) in [5.74, 6) is 0.919. The Morgan fingerprint density at radius 1 is 1.24 bits per heavy atom. The summed E-state index contributed by atoms with van der Waals surface area (Å²) >= 11 is 0. The second-order valence-electron chi connectivity index (χ2n) is 6.21. The quantitative estimate of drug-likeness (QED) is 0.827. The largest absolute Gasteiger partial charge is 0.396 e. The summed E-state index contributed by atoms with van der Waals surface area (Å²) in [5.41, 5.74) is 0. The van der Waals surface area contributed by atoms with Gasteiger partial charge in [-0.15, -0.1) is 0 Å². The molecule has 0 heterocycles. The van der Waals surface area contributed by atoms with E-state index in [2.05, 4.69) is 0 Å². The number of aliphatic hydroxyl groups is 1. The van der Waals surface area contributed by atoms with E-state index in [0.29, 0.717) is 12.3 Å². The Kier molecular flexibility index (Phi) is 5.02. The average Bonchev–Trinajstić information content (AvgIpc) is 2.70. The van der Waals surface area contributed by atoms with Crippen LogP contribution in [0.15, 0.2) is 0 Å². The van der Waals surface area contributed by atoms with E-state index in [1.165, 1.54) is 12.8 Å². The van der Waals surface area contributed by atoms with Gasteiger partial charge in [0.05, 0.1) is 10.5 Å². The van der Waals surface area contributed by atoms with E-state index < -0.39 is 14.6 Å². The molecule has 0 bridgehead atoms. The Balaban J connectivity index is 2.53. The second-order valence-corrected chi connectivity index (χ2v) is 9.07. The van der Waals surface area contributed by atoms with Crippen molar-refractivity contribution in [2.75, 3.05) is 12.4 Å². The van der Waals surface area contributed by atoms with Gasteiger partial charge in [0, 0.05) is 6.61 Å². The van der Waals surface area contributed by atoms with Gasteiger partial charge in [0.1, 0.15) is 0 Å². The molecular weight excluding hydrogens is 236 g/mol. The first-order chi connectivity index (χ1) is 7.78. The summed E-state index contributed by atoms with van der Waals surface area (Å²) in [4.78, 5) is 0. The Hall–Kier alpha value is -0.0900. The lowest BCUT2D eigenvalue weighted by Crippen LogP contribution is -2.32. The van der Waals surface area contributed by atoms with Crippen LogP contribution >= 0.6 is 0 Å². The number of hydrogen-bond acceptors (Lipinski definition) is 3. The van der Waals surface area contributed by atoms with Crippen LogP contribution in [0.4, 0.5) is 0 Å². The average molecular weight is 262 g/mol.